The van der Waals surface area contributed by atoms with E-state index in [1.54, 1.807) is 0 Å². The first-order chi connectivity index (χ1) is 9.90. The molecule has 1 aliphatic heterocycles. The molecule has 0 aromatic heterocycles. The lowest BCUT2D eigenvalue weighted by Gasteiger charge is -2.15. The van der Waals surface area contributed by atoms with Crippen LogP contribution in [0.4, 0.5) is 11.4 Å². The molecule has 1 N–H and O–H groups in total. The molecule has 0 atom stereocenters. The molecule has 2 aromatic rings. The second-order valence-electron chi connectivity index (χ2n) is 4.77. The van der Waals surface area contributed by atoms with Crippen molar-refractivity contribution < 1.29 is 0 Å². The molecule has 1 heterocycles. The van der Waals surface area contributed by atoms with E-state index in [4.69, 9.17) is 0 Å². The smallest absolute Gasteiger partial charge is 0.131 e. The fraction of sp³-hybridized carbons (Fsp3) is 0.176. The summed E-state index contributed by atoms with van der Waals surface area (Å²) in [7, 11) is 0. The number of benzene rings is 2. The highest BCUT2D eigenvalue weighted by Gasteiger charge is 2.10. The molecule has 0 saturated carbocycles. The minimum Gasteiger partial charge on any atom is -0.344 e. The molecule has 0 aliphatic carbocycles. The average molecular weight is 263 g/mol. The number of rotatable bonds is 2. The zero-order valence-electron chi connectivity index (χ0n) is 11.3. The molecule has 3 rings (SSSR count). The van der Waals surface area contributed by atoms with Crippen molar-refractivity contribution in [2.75, 3.05) is 5.32 Å². The molecule has 0 radical (unpaired) electrons. The monoisotopic (exact) mass is 263 g/mol. The fourth-order valence-electron chi connectivity index (χ4n) is 2.19. The van der Waals surface area contributed by atoms with E-state index in [2.05, 4.69) is 15.3 Å². The summed E-state index contributed by atoms with van der Waals surface area (Å²) in [5.41, 5.74) is 2.04. The van der Waals surface area contributed by atoms with Crippen LogP contribution in [0.25, 0.3) is 0 Å². The lowest BCUT2D eigenvalue weighted by Crippen LogP contribution is -2.18. The van der Waals surface area contributed by atoms with Gasteiger partial charge in [-0.1, -0.05) is 36.4 Å². The molecule has 0 unspecified atom stereocenters. The quantitative estimate of drug-likeness (QED) is 0.856. The Morgan fingerprint density at radius 3 is 2.30 bits per heavy atom. The van der Waals surface area contributed by atoms with Crippen molar-refractivity contribution in [1.82, 2.24) is 0 Å². The topological polar surface area (TPSA) is 36.8 Å². The Labute approximate surface area is 119 Å². The van der Waals surface area contributed by atoms with Crippen molar-refractivity contribution in [3.05, 3.63) is 60.7 Å². The second-order valence-corrected chi connectivity index (χ2v) is 4.77. The van der Waals surface area contributed by atoms with E-state index in [0.717, 1.165) is 42.3 Å². The lowest BCUT2D eigenvalue weighted by molar-refractivity contribution is 0.889. The summed E-state index contributed by atoms with van der Waals surface area (Å²) in [6.07, 6.45) is 3.00. The van der Waals surface area contributed by atoms with Crippen molar-refractivity contribution in [3.63, 3.8) is 0 Å². The van der Waals surface area contributed by atoms with Crippen molar-refractivity contribution in [2.24, 2.45) is 9.98 Å². The van der Waals surface area contributed by atoms with E-state index in [-0.39, 0.29) is 0 Å². The number of nitrogens with zero attached hydrogens (tertiary/aromatic N) is 2. The van der Waals surface area contributed by atoms with Crippen LogP contribution >= 0.6 is 0 Å². The molecule has 0 amide bonds. The van der Waals surface area contributed by atoms with Crippen LogP contribution in [0.2, 0.25) is 0 Å². The van der Waals surface area contributed by atoms with Crippen LogP contribution in [0, 0.1) is 0 Å². The largest absolute Gasteiger partial charge is 0.344 e. The first-order valence-electron chi connectivity index (χ1n) is 6.92. The van der Waals surface area contributed by atoms with Crippen molar-refractivity contribution >= 4 is 23.0 Å². The van der Waals surface area contributed by atoms with Crippen molar-refractivity contribution in [1.29, 1.82) is 0 Å². The van der Waals surface area contributed by atoms with Crippen molar-refractivity contribution in [3.8, 4) is 0 Å². The first kappa shape index (κ1) is 12.6. The van der Waals surface area contributed by atoms with Gasteiger partial charge in [0.15, 0.2) is 0 Å². The van der Waals surface area contributed by atoms with E-state index >= 15 is 0 Å². The van der Waals surface area contributed by atoms with Gasteiger partial charge in [0.25, 0.3) is 0 Å². The van der Waals surface area contributed by atoms with E-state index in [1.165, 1.54) is 0 Å². The van der Waals surface area contributed by atoms with Crippen LogP contribution in [0.15, 0.2) is 70.6 Å². The summed E-state index contributed by atoms with van der Waals surface area (Å²) >= 11 is 0. The first-order valence-corrected chi connectivity index (χ1v) is 6.92. The van der Waals surface area contributed by atoms with Crippen LogP contribution in [-0.2, 0) is 0 Å². The minimum atomic E-state index is 0.904. The highest BCUT2D eigenvalue weighted by molar-refractivity contribution is 6.06. The molecule has 20 heavy (non-hydrogen) atoms. The van der Waals surface area contributed by atoms with Crippen LogP contribution in [-0.4, -0.2) is 11.7 Å². The van der Waals surface area contributed by atoms with Crippen LogP contribution < -0.4 is 5.32 Å². The number of hydrogen-bond donors (Lipinski definition) is 1. The molecule has 2 aromatic carbocycles. The Hall–Kier alpha value is -2.42. The summed E-state index contributed by atoms with van der Waals surface area (Å²) in [5, 5.41) is 3.37. The number of hydrogen-bond acceptors (Lipinski definition) is 2. The van der Waals surface area contributed by atoms with Crippen LogP contribution in [0.1, 0.15) is 19.3 Å². The number of amidine groups is 2. The van der Waals surface area contributed by atoms with Gasteiger partial charge in [-0.15, -0.1) is 0 Å². The normalized spacial score (nSPS) is 16.8. The SMILES string of the molecule is c1ccc(N=C2CCCC(Nc3ccccc3)=N2)cc1. The maximum atomic E-state index is 4.63. The van der Waals surface area contributed by atoms with Gasteiger partial charge in [0, 0.05) is 18.5 Å². The van der Waals surface area contributed by atoms with Gasteiger partial charge in [-0.05, 0) is 30.7 Å². The Balaban J connectivity index is 1.78. The molecule has 3 heteroatoms. The number of anilines is 1. The van der Waals surface area contributed by atoms with Gasteiger partial charge in [0.2, 0.25) is 0 Å². The zero-order chi connectivity index (χ0) is 13.6. The zero-order valence-corrected chi connectivity index (χ0v) is 11.3. The average Bonchev–Trinajstić information content (AvgIpc) is 2.50. The number of para-hydroxylation sites is 2. The third-order valence-corrected chi connectivity index (χ3v) is 3.15. The summed E-state index contributed by atoms with van der Waals surface area (Å²) < 4.78 is 0. The Bertz CT molecular complexity index is 615. The number of aliphatic imine (C=N–C) groups is 2. The standard InChI is InChI=1S/C17H17N3/c1-3-8-14(9-4-1)18-16-12-7-13-17(20-16)19-15-10-5-2-6-11-15/h1-6,8-11H,7,12-13H2,(H,18,19,20). The second kappa shape index (κ2) is 6.15. The molecular formula is C17H17N3. The Kier molecular flexibility index (Phi) is 3.88. The van der Waals surface area contributed by atoms with Gasteiger partial charge in [0.1, 0.15) is 11.7 Å². The van der Waals surface area contributed by atoms with Crippen LogP contribution in [0.5, 0.6) is 0 Å². The van der Waals surface area contributed by atoms with Gasteiger partial charge in [-0.25, -0.2) is 9.98 Å². The van der Waals surface area contributed by atoms with Gasteiger partial charge in [-0.3, -0.25) is 0 Å². The fourth-order valence-corrected chi connectivity index (χ4v) is 2.19. The molecule has 0 saturated heterocycles. The van der Waals surface area contributed by atoms with Crippen LogP contribution in [0.3, 0.4) is 0 Å². The maximum absolute atomic E-state index is 4.63. The Morgan fingerprint density at radius 2 is 1.55 bits per heavy atom. The molecule has 0 spiro atoms. The summed E-state index contributed by atoms with van der Waals surface area (Å²) in [6, 6.07) is 20.1. The molecule has 100 valence electrons. The maximum Gasteiger partial charge on any atom is 0.131 e. The predicted octanol–water partition coefficient (Wildman–Crippen LogP) is 4.41. The van der Waals surface area contributed by atoms with Gasteiger partial charge in [0.05, 0.1) is 5.69 Å². The van der Waals surface area contributed by atoms with Gasteiger partial charge < -0.3 is 5.32 Å². The summed E-state index contributed by atoms with van der Waals surface area (Å²) in [6.45, 7) is 0. The highest BCUT2D eigenvalue weighted by atomic mass is 15.0. The third-order valence-electron chi connectivity index (χ3n) is 3.15. The third kappa shape index (κ3) is 3.32. The van der Waals surface area contributed by atoms with Gasteiger partial charge in [-0.2, -0.15) is 0 Å². The summed E-state index contributed by atoms with van der Waals surface area (Å²) in [4.78, 5) is 9.23. The molecular weight excluding hydrogens is 246 g/mol. The number of nitrogens with one attached hydrogen (secondary N) is 1. The Morgan fingerprint density at radius 1 is 0.850 bits per heavy atom. The van der Waals surface area contributed by atoms with E-state index in [1.807, 2.05) is 60.7 Å². The van der Waals surface area contributed by atoms with E-state index in [0.29, 0.717) is 0 Å². The van der Waals surface area contributed by atoms with Gasteiger partial charge >= 0.3 is 0 Å². The lowest BCUT2D eigenvalue weighted by atomic mass is 10.1. The summed E-state index contributed by atoms with van der Waals surface area (Å²) in [5.74, 6) is 1.90. The molecule has 3 nitrogen and oxygen atoms in total. The molecule has 1 aliphatic rings. The van der Waals surface area contributed by atoms with Crippen molar-refractivity contribution in [2.45, 2.75) is 19.3 Å². The van der Waals surface area contributed by atoms with E-state index in [9.17, 15) is 0 Å². The predicted molar refractivity (Wildman–Crippen MR) is 84.9 cm³/mol. The minimum absolute atomic E-state index is 0.904. The highest BCUT2D eigenvalue weighted by Crippen LogP contribution is 2.17. The van der Waals surface area contributed by atoms with E-state index < -0.39 is 0 Å². The molecule has 0 bridgehead atoms. The molecule has 0 fully saturated rings.